The molecular formula is C21H27Cl2O2Si2Zr. The Balaban J connectivity index is 0.00000131. The van der Waals surface area contributed by atoms with Gasteiger partial charge in [0.2, 0.25) is 0 Å². The van der Waals surface area contributed by atoms with Crippen LogP contribution in [-0.4, -0.2) is 29.6 Å². The summed E-state index contributed by atoms with van der Waals surface area (Å²) in [5.41, 5.74) is 2.71. The van der Waals surface area contributed by atoms with Crippen LogP contribution in [0.2, 0.25) is 32.7 Å². The maximum atomic E-state index is 6.10. The zero-order valence-corrected chi connectivity index (χ0v) is 23.1. The van der Waals surface area contributed by atoms with E-state index in [4.69, 9.17) is 9.16 Å². The second-order valence-corrected chi connectivity index (χ2v) is 17.4. The van der Waals surface area contributed by atoms with Crippen LogP contribution in [0.25, 0.3) is 16.3 Å². The van der Waals surface area contributed by atoms with Gasteiger partial charge in [-0.3, -0.25) is 0 Å². The molecule has 0 saturated carbocycles. The molecular weight excluding hydrogens is 503 g/mol. The van der Waals surface area contributed by atoms with Gasteiger partial charge in [0.1, 0.15) is 12.4 Å². The number of allylic oxidation sites excluding steroid dienone is 3. The quantitative estimate of drug-likeness (QED) is 0.251. The molecule has 28 heavy (non-hydrogen) atoms. The van der Waals surface area contributed by atoms with Crippen LogP contribution in [0.15, 0.2) is 42.2 Å². The maximum Gasteiger partial charge on any atom is 3.00 e. The molecule has 7 heteroatoms. The molecule has 1 radical (unpaired) electrons. The van der Waals surface area contributed by atoms with E-state index in [0.717, 1.165) is 12.2 Å². The fraction of sp³-hybridized carbons (Fsp3) is 0.381. The normalized spacial score (nSPS) is 16.2. The fourth-order valence-electron chi connectivity index (χ4n) is 3.94. The van der Waals surface area contributed by atoms with Crippen molar-refractivity contribution in [2.75, 3.05) is 13.2 Å². The first-order chi connectivity index (χ1) is 11.8. The van der Waals surface area contributed by atoms with Crippen molar-refractivity contribution in [2.24, 2.45) is 0 Å². The zero-order chi connectivity index (χ0) is 17.8. The molecule has 149 valence electrons. The number of fused-ring (bicyclic) bond motifs is 3. The van der Waals surface area contributed by atoms with Crippen LogP contribution in [-0.2, 0) is 35.4 Å². The molecule has 2 aromatic rings. The summed E-state index contributed by atoms with van der Waals surface area (Å²) < 4.78 is 12.0. The second kappa shape index (κ2) is 9.41. The molecule has 1 heterocycles. The molecule has 0 bridgehead atoms. The van der Waals surface area contributed by atoms with Gasteiger partial charge >= 0.3 is 26.2 Å². The van der Waals surface area contributed by atoms with E-state index in [2.05, 4.69) is 69.2 Å². The van der Waals surface area contributed by atoms with Gasteiger partial charge in [0.25, 0.3) is 0 Å². The van der Waals surface area contributed by atoms with Gasteiger partial charge in [0, 0.05) is 8.07 Å². The van der Waals surface area contributed by atoms with Gasteiger partial charge in [-0.2, -0.15) is 10.4 Å². The number of hydrogen-bond acceptors (Lipinski definition) is 2. The standard InChI is InChI=1S/C21H27O2Si2.2ClH.Zr/c1-24(2,3)23-13-12-22-18-11-7-9-16(18)17-10-6-8-15-14-19-21(20(15)17)25(19,4)5;;;/h6-8,10-11,14H,9,12-13H2,1-5H3;2*1H;/q-1;;;+3/p-2. The van der Waals surface area contributed by atoms with Gasteiger partial charge in [-0.15, -0.1) is 29.0 Å². The van der Waals surface area contributed by atoms with E-state index in [-0.39, 0.29) is 51.0 Å². The molecule has 2 aliphatic rings. The Hall–Kier alpha value is -0.0331. The molecule has 0 amide bonds. The summed E-state index contributed by atoms with van der Waals surface area (Å²) in [4.78, 5) is 0. The number of halogens is 2. The van der Waals surface area contributed by atoms with Crippen LogP contribution < -0.4 is 35.2 Å². The van der Waals surface area contributed by atoms with E-state index in [1.807, 2.05) is 0 Å². The Morgan fingerprint density at radius 3 is 2.50 bits per heavy atom. The number of ether oxygens (including phenoxy) is 1. The average molecular weight is 530 g/mol. The van der Waals surface area contributed by atoms with Crippen molar-refractivity contribution in [1.82, 2.24) is 0 Å². The Morgan fingerprint density at radius 2 is 1.82 bits per heavy atom. The van der Waals surface area contributed by atoms with Crippen molar-refractivity contribution in [3.8, 4) is 0 Å². The molecule has 0 atom stereocenters. The van der Waals surface area contributed by atoms with E-state index in [0.29, 0.717) is 13.2 Å². The monoisotopic (exact) mass is 527 g/mol. The topological polar surface area (TPSA) is 18.5 Å². The van der Waals surface area contributed by atoms with Gasteiger partial charge in [-0.1, -0.05) is 30.8 Å². The number of hydrogen-bond donors (Lipinski definition) is 0. The first-order valence-corrected chi connectivity index (χ1v) is 15.6. The zero-order valence-electron chi connectivity index (χ0n) is 17.2. The summed E-state index contributed by atoms with van der Waals surface area (Å²) in [6, 6.07) is 9.13. The smallest absolute Gasteiger partial charge is 1.00 e. The van der Waals surface area contributed by atoms with Crippen LogP contribution in [0.5, 0.6) is 0 Å². The van der Waals surface area contributed by atoms with Crippen LogP contribution in [0.1, 0.15) is 12.0 Å². The van der Waals surface area contributed by atoms with Crippen molar-refractivity contribution in [2.45, 2.75) is 39.2 Å². The van der Waals surface area contributed by atoms with Crippen LogP contribution >= 0.6 is 0 Å². The van der Waals surface area contributed by atoms with Gasteiger partial charge in [0.05, 0.1) is 6.61 Å². The third-order valence-corrected chi connectivity index (χ3v) is 9.57. The van der Waals surface area contributed by atoms with E-state index >= 15 is 0 Å². The molecule has 0 N–H and O–H groups in total. The average Bonchev–Trinajstić information content (AvgIpc) is 2.95. The predicted molar refractivity (Wildman–Crippen MR) is 112 cm³/mol. The van der Waals surface area contributed by atoms with Crippen LogP contribution in [0.4, 0.5) is 0 Å². The molecule has 2 nitrogen and oxygen atoms in total. The Morgan fingerprint density at radius 1 is 1.11 bits per heavy atom. The first-order valence-electron chi connectivity index (χ1n) is 9.19. The molecule has 2 aromatic carbocycles. The minimum absolute atomic E-state index is 0. The third-order valence-electron chi connectivity index (χ3n) is 5.24. The van der Waals surface area contributed by atoms with Crippen LogP contribution in [0, 0.1) is 0 Å². The van der Waals surface area contributed by atoms with E-state index < -0.39 is 16.4 Å². The summed E-state index contributed by atoms with van der Waals surface area (Å²) in [7, 11) is -2.70. The van der Waals surface area contributed by atoms with Crippen molar-refractivity contribution < 1.29 is 60.2 Å². The molecule has 0 saturated heterocycles. The largest absolute Gasteiger partial charge is 3.00 e. The van der Waals surface area contributed by atoms with Crippen LogP contribution in [0.3, 0.4) is 0 Å². The minimum atomic E-state index is -1.47. The SMILES string of the molecule is C[Si](C)(C)OCCOC1=C(c2cccc3[cH-]c4c(c23)[Si]4(C)C)CC=C1.[Cl-].[Cl-].[Zr+3]. The number of benzene rings is 1. The molecule has 0 fully saturated rings. The van der Waals surface area contributed by atoms with Gasteiger partial charge in [-0.25, -0.2) is 0 Å². The second-order valence-electron chi connectivity index (χ2n) is 8.59. The van der Waals surface area contributed by atoms with E-state index in [9.17, 15) is 0 Å². The van der Waals surface area contributed by atoms with Crippen molar-refractivity contribution in [3.05, 3.63) is 47.7 Å². The van der Waals surface area contributed by atoms with Gasteiger partial charge in [0.15, 0.2) is 8.32 Å². The van der Waals surface area contributed by atoms with E-state index in [1.54, 1.807) is 10.4 Å². The Bertz CT molecular complexity index is 911. The molecule has 0 spiro atoms. The first kappa shape index (κ1) is 26.0. The predicted octanol–water partition coefficient (Wildman–Crippen LogP) is -1.76. The fourth-order valence-corrected chi connectivity index (χ4v) is 8.00. The van der Waals surface area contributed by atoms with E-state index in [1.165, 1.54) is 21.9 Å². The molecule has 1 aliphatic carbocycles. The Kier molecular flexibility index (Phi) is 8.74. The van der Waals surface area contributed by atoms with Crippen molar-refractivity contribution >= 4 is 43.1 Å². The number of rotatable bonds is 6. The van der Waals surface area contributed by atoms with Crippen molar-refractivity contribution in [3.63, 3.8) is 0 Å². The molecule has 0 unspecified atom stereocenters. The summed E-state index contributed by atoms with van der Waals surface area (Å²) in [5, 5.41) is 6.20. The third kappa shape index (κ3) is 4.82. The summed E-state index contributed by atoms with van der Waals surface area (Å²) in [6.45, 7) is 12.9. The van der Waals surface area contributed by atoms with Gasteiger partial charge < -0.3 is 34.0 Å². The van der Waals surface area contributed by atoms with Gasteiger partial charge in [-0.05, 0) is 37.7 Å². The molecule has 1 aliphatic heterocycles. The minimum Gasteiger partial charge on any atom is -1.00 e. The maximum absolute atomic E-state index is 6.10. The summed E-state index contributed by atoms with van der Waals surface area (Å²) >= 11 is 0. The summed E-state index contributed by atoms with van der Waals surface area (Å²) in [5.74, 6) is 1.03. The molecule has 0 aromatic heterocycles. The molecule has 4 rings (SSSR count). The van der Waals surface area contributed by atoms with Crippen molar-refractivity contribution in [1.29, 1.82) is 0 Å². The Labute approximate surface area is 202 Å². The summed E-state index contributed by atoms with van der Waals surface area (Å²) in [6.07, 6.45) is 5.31.